The normalized spacial score (nSPS) is 14.8. The first-order valence-electron chi connectivity index (χ1n) is 6.35. The van der Waals surface area contributed by atoms with Gasteiger partial charge in [-0.05, 0) is 43.0 Å². The zero-order valence-electron chi connectivity index (χ0n) is 10.3. The number of amides is 1. The molecule has 0 saturated heterocycles. The first-order chi connectivity index (χ1) is 8.29. The van der Waals surface area contributed by atoms with Crippen LogP contribution in [0.1, 0.15) is 38.2 Å². The molecule has 1 aliphatic heterocycles. The number of hydrogen-bond donors (Lipinski definition) is 1. The first kappa shape index (κ1) is 12.0. The Morgan fingerprint density at radius 2 is 2.24 bits per heavy atom. The summed E-state index contributed by atoms with van der Waals surface area (Å²) in [5, 5.41) is 2.92. The van der Waals surface area contributed by atoms with Crippen LogP contribution in [0.25, 0.3) is 0 Å². The molecule has 1 amide bonds. The van der Waals surface area contributed by atoms with Crippen molar-refractivity contribution in [2.45, 2.75) is 39.0 Å². The first-order valence-corrected chi connectivity index (χ1v) is 6.35. The van der Waals surface area contributed by atoms with Crippen molar-refractivity contribution >= 4 is 11.6 Å². The number of ether oxygens (including phenoxy) is 1. The molecule has 17 heavy (non-hydrogen) atoms. The summed E-state index contributed by atoms with van der Waals surface area (Å²) in [6.07, 6.45) is 4.69. The average Bonchev–Trinajstić information content (AvgIpc) is 2.50. The minimum absolute atomic E-state index is 0.114. The second-order valence-corrected chi connectivity index (χ2v) is 4.42. The summed E-state index contributed by atoms with van der Waals surface area (Å²) >= 11 is 0. The van der Waals surface area contributed by atoms with Crippen LogP contribution in [0, 0.1) is 0 Å². The summed E-state index contributed by atoms with van der Waals surface area (Å²) in [7, 11) is 0. The molecule has 1 aromatic rings. The lowest BCUT2D eigenvalue weighted by Crippen LogP contribution is -2.09. The Labute approximate surface area is 102 Å². The molecule has 0 fully saturated rings. The van der Waals surface area contributed by atoms with Gasteiger partial charge in [-0.15, -0.1) is 0 Å². The van der Waals surface area contributed by atoms with Gasteiger partial charge in [-0.1, -0.05) is 13.3 Å². The van der Waals surface area contributed by atoms with Gasteiger partial charge in [0.2, 0.25) is 5.91 Å². The van der Waals surface area contributed by atoms with Crippen molar-refractivity contribution in [2.24, 2.45) is 0 Å². The number of benzene rings is 1. The van der Waals surface area contributed by atoms with Crippen LogP contribution in [-0.4, -0.2) is 12.5 Å². The molecule has 0 unspecified atom stereocenters. The average molecular weight is 233 g/mol. The molecule has 3 nitrogen and oxygen atoms in total. The predicted octanol–water partition coefficient (Wildman–Crippen LogP) is 3.14. The number of unbranched alkanes of at least 4 members (excludes halogenated alkanes) is 1. The van der Waals surface area contributed by atoms with E-state index in [-0.39, 0.29) is 5.91 Å². The molecule has 3 heteroatoms. The second kappa shape index (κ2) is 5.71. The third kappa shape index (κ3) is 3.22. The fourth-order valence-corrected chi connectivity index (χ4v) is 1.98. The minimum atomic E-state index is 0.114. The van der Waals surface area contributed by atoms with E-state index in [9.17, 15) is 4.79 Å². The molecule has 1 N–H and O–H groups in total. The molecular formula is C14H19NO2. The van der Waals surface area contributed by atoms with Gasteiger partial charge in [-0.3, -0.25) is 4.79 Å². The van der Waals surface area contributed by atoms with Crippen LogP contribution in [0.4, 0.5) is 5.69 Å². The monoisotopic (exact) mass is 233 g/mol. The van der Waals surface area contributed by atoms with Crippen molar-refractivity contribution in [2.75, 3.05) is 11.9 Å². The fraction of sp³-hybridized carbons (Fsp3) is 0.500. The standard InChI is InChI=1S/C14H19NO2/c1-2-3-9-17-12-7-8-13-11(10-12)5-4-6-14(16)15-13/h7-8,10H,2-6,9H2,1H3,(H,15,16). The van der Waals surface area contributed by atoms with Gasteiger partial charge in [-0.2, -0.15) is 0 Å². The molecule has 0 atom stereocenters. The summed E-state index contributed by atoms with van der Waals surface area (Å²) in [5.74, 6) is 1.02. The fourth-order valence-electron chi connectivity index (χ4n) is 1.98. The predicted molar refractivity (Wildman–Crippen MR) is 68.4 cm³/mol. The molecule has 0 aliphatic carbocycles. The van der Waals surface area contributed by atoms with E-state index in [0.717, 1.165) is 43.7 Å². The van der Waals surface area contributed by atoms with Gasteiger partial charge in [-0.25, -0.2) is 0 Å². The molecular weight excluding hydrogens is 214 g/mol. The lowest BCUT2D eigenvalue weighted by atomic mass is 10.1. The number of hydrogen-bond acceptors (Lipinski definition) is 2. The van der Waals surface area contributed by atoms with Gasteiger partial charge in [0, 0.05) is 12.1 Å². The number of fused-ring (bicyclic) bond motifs is 1. The zero-order chi connectivity index (χ0) is 12.1. The molecule has 1 aromatic carbocycles. The van der Waals surface area contributed by atoms with E-state index in [0.29, 0.717) is 6.42 Å². The molecule has 0 radical (unpaired) electrons. The van der Waals surface area contributed by atoms with Crippen LogP contribution < -0.4 is 10.1 Å². The number of anilines is 1. The molecule has 0 saturated carbocycles. The maximum absolute atomic E-state index is 11.4. The van der Waals surface area contributed by atoms with Crippen LogP contribution in [0.5, 0.6) is 5.75 Å². The highest BCUT2D eigenvalue weighted by Gasteiger charge is 2.13. The number of rotatable bonds is 4. The lowest BCUT2D eigenvalue weighted by Gasteiger charge is -2.10. The van der Waals surface area contributed by atoms with Crippen LogP contribution in [0.15, 0.2) is 18.2 Å². The van der Waals surface area contributed by atoms with Crippen molar-refractivity contribution in [3.8, 4) is 5.75 Å². The van der Waals surface area contributed by atoms with Crippen LogP contribution in [-0.2, 0) is 11.2 Å². The molecule has 2 rings (SSSR count). The maximum Gasteiger partial charge on any atom is 0.224 e. The highest BCUT2D eigenvalue weighted by atomic mass is 16.5. The summed E-state index contributed by atoms with van der Waals surface area (Å²) in [5.41, 5.74) is 2.13. The highest BCUT2D eigenvalue weighted by molar-refractivity contribution is 5.92. The van der Waals surface area contributed by atoms with E-state index in [1.165, 1.54) is 5.56 Å². The van der Waals surface area contributed by atoms with Crippen LogP contribution in [0.3, 0.4) is 0 Å². The topological polar surface area (TPSA) is 38.3 Å². The van der Waals surface area contributed by atoms with Crippen molar-refractivity contribution in [3.05, 3.63) is 23.8 Å². The third-order valence-corrected chi connectivity index (χ3v) is 2.97. The molecule has 92 valence electrons. The SMILES string of the molecule is CCCCOc1ccc2c(c1)CCCC(=O)N2. The van der Waals surface area contributed by atoms with Crippen LogP contribution >= 0.6 is 0 Å². The van der Waals surface area contributed by atoms with Gasteiger partial charge in [0.15, 0.2) is 0 Å². The van der Waals surface area contributed by atoms with Crippen molar-refractivity contribution < 1.29 is 9.53 Å². The Kier molecular flexibility index (Phi) is 4.02. The maximum atomic E-state index is 11.4. The van der Waals surface area contributed by atoms with E-state index in [1.807, 2.05) is 12.1 Å². The highest BCUT2D eigenvalue weighted by Crippen LogP contribution is 2.26. The van der Waals surface area contributed by atoms with Crippen molar-refractivity contribution in [1.82, 2.24) is 0 Å². The number of aryl methyl sites for hydroxylation is 1. The van der Waals surface area contributed by atoms with E-state index >= 15 is 0 Å². The van der Waals surface area contributed by atoms with Gasteiger partial charge >= 0.3 is 0 Å². The Morgan fingerprint density at radius 1 is 1.35 bits per heavy atom. The van der Waals surface area contributed by atoms with Gasteiger partial charge in [0.05, 0.1) is 6.61 Å². The number of carbonyl (C=O) groups excluding carboxylic acids is 1. The van der Waals surface area contributed by atoms with Gasteiger partial charge in [0.1, 0.15) is 5.75 Å². The Morgan fingerprint density at radius 3 is 3.06 bits per heavy atom. The lowest BCUT2D eigenvalue weighted by molar-refractivity contribution is -0.116. The van der Waals surface area contributed by atoms with E-state index in [1.54, 1.807) is 0 Å². The second-order valence-electron chi connectivity index (χ2n) is 4.42. The Bertz CT molecular complexity index is 401. The molecule has 0 bridgehead atoms. The third-order valence-electron chi connectivity index (χ3n) is 2.97. The van der Waals surface area contributed by atoms with Crippen LogP contribution in [0.2, 0.25) is 0 Å². The zero-order valence-corrected chi connectivity index (χ0v) is 10.3. The Balaban J connectivity index is 2.07. The van der Waals surface area contributed by atoms with Crippen molar-refractivity contribution in [1.29, 1.82) is 0 Å². The van der Waals surface area contributed by atoms with E-state index < -0.39 is 0 Å². The minimum Gasteiger partial charge on any atom is -0.494 e. The summed E-state index contributed by atoms with van der Waals surface area (Å²) in [4.78, 5) is 11.4. The largest absolute Gasteiger partial charge is 0.494 e. The van der Waals surface area contributed by atoms with Gasteiger partial charge in [0.25, 0.3) is 0 Å². The molecule has 0 spiro atoms. The Hall–Kier alpha value is -1.51. The number of carbonyl (C=O) groups is 1. The smallest absolute Gasteiger partial charge is 0.224 e. The summed E-state index contributed by atoms with van der Waals surface area (Å²) in [6.45, 7) is 2.91. The summed E-state index contributed by atoms with van der Waals surface area (Å²) in [6, 6.07) is 5.93. The molecule has 1 heterocycles. The molecule has 0 aromatic heterocycles. The van der Waals surface area contributed by atoms with E-state index in [2.05, 4.69) is 18.3 Å². The summed E-state index contributed by atoms with van der Waals surface area (Å²) < 4.78 is 5.67. The van der Waals surface area contributed by atoms with Gasteiger partial charge < -0.3 is 10.1 Å². The molecule has 1 aliphatic rings. The quantitative estimate of drug-likeness (QED) is 0.811. The number of nitrogens with one attached hydrogen (secondary N) is 1. The van der Waals surface area contributed by atoms with E-state index in [4.69, 9.17) is 4.74 Å². The van der Waals surface area contributed by atoms with Crippen molar-refractivity contribution in [3.63, 3.8) is 0 Å².